The number of anilines is 1. The van der Waals surface area contributed by atoms with E-state index < -0.39 is 12.5 Å². The highest BCUT2D eigenvalue weighted by Gasteiger charge is 2.27. The lowest BCUT2D eigenvalue weighted by molar-refractivity contribution is -0.00579. The summed E-state index contributed by atoms with van der Waals surface area (Å²) in [6.07, 6.45) is -3.75. The van der Waals surface area contributed by atoms with Crippen molar-refractivity contribution in [1.82, 2.24) is 9.97 Å². The molecule has 0 aliphatic carbocycles. The number of hydrogen-bond donors (Lipinski definition) is 1. The molecule has 1 unspecified atom stereocenters. The SMILES string of the molecule is CN(C)c1ncnc(Cl)c1C(O)C(F)F. The van der Waals surface area contributed by atoms with Gasteiger partial charge in [0.05, 0.1) is 5.56 Å². The minimum absolute atomic E-state index is 0.154. The fourth-order valence-corrected chi connectivity index (χ4v) is 1.34. The van der Waals surface area contributed by atoms with Crippen LogP contribution in [0.3, 0.4) is 0 Å². The van der Waals surface area contributed by atoms with E-state index in [0.717, 1.165) is 6.33 Å². The number of hydrogen-bond acceptors (Lipinski definition) is 4. The molecule has 7 heteroatoms. The van der Waals surface area contributed by atoms with Crippen LogP contribution >= 0.6 is 11.6 Å². The van der Waals surface area contributed by atoms with E-state index in [1.165, 1.54) is 4.90 Å². The molecule has 0 saturated carbocycles. The molecule has 1 N–H and O–H groups in total. The smallest absolute Gasteiger partial charge is 0.268 e. The van der Waals surface area contributed by atoms with Gasteiger partial charge >= 0.3 is 0 Å². The summed E-state index contributed by atoms with van der Waals surface area (Å²) in [5.74, 6) is 0.183. The van der Waals surface area contributed by atoms with Gasteiger partial charge in [-0.1, -0.05) is 11.6 Å². The van der Waals surface area contributed by atoms with Crippen LogP contribution in [0.1, 0.15) is 11.7 Å². The van der Waals surface area contributed by atoms with Crippen LogP contribution in [0.25, 0.3) is 0 Å². The maximum absolute atomic E-state index is 12.4. The molecular weight excluding hydrogens is 228 g/mol. The summed E-state index contributed by atoms with van der Waals surface area (Å²) < 4.78 is 24.7. The molecule has 0 aliphatic rings. The minimum Gasteiger partial charge on any atom is -0.382 e. The second-order valence-electron chi connectivity index (χ2n) is 3.08. The number of aliphatic hydroxyl groups excluding tert-OH is 1. The van der Waals surface area contributed by atoms with Gasteiger partial charge < -0.3 is 10.0 Å². The Morgan fingerprint density at radius 3 is 2.47 bits per heavy atom. The molecule has 0 radical (unpaired) electrons. The van der Waals surface area contributed by atoms with Gasteiger partial charge in [0, 0.05) is 14.1 Å². The molecular formula is C8H10ClF2N3O. The molecule has 84 valence electrons. The average molecular weight is 238 g/mol. The molecule has 0 aliphatic heterocycles. The molecule has 4 nitrogen and oxygen atoms in total. The van der Waals surface area contributed by atoms with Crippen LogP contribution in [-0.2, 0) is 0 Å². The van der Waals surface area contributed by atoms with Crippen LogP contribution in [0, 0.1) is 0 Å². The molecule has 0 spiro atoms. The summed E-state index contributed by atoms with van der Waals surface area (Å²) in [5, 5.41) is 9.10. The Morgan fingerprint density at radius 1 is 1.40 bits per heavy atom. The molecule has 1 heterocycles. The van der Waals surface area contributed by atoms with E-state index in [4.69, 9.17) is 11.6 Å². The van der Waals surface area contributed by atoms with E-state index in [1.807, 2.05) is 0 Å². The largest absolute Gasteiger partial charge is 0.382 e. The predicted octanol–water partition coefficient (Wildman–Crippen LogP) is 1.49. The van der Waals surface area contributed by atoms with Gasteiger partial charge in [-0.25, -0.2) is 18.7 Å². The van der Waals surface area contributed by atoms with Crippen LogP contribution in [0.2, 0.25) is 5.15 Å². The third-order valence-corrected chi connectivity index (χ3v) is 2.07. The molecule has 1 rings (SSSR count). The van der Waals surface area contributed by atoms with Crippen molar-refractivity contribution in [3.05, 3.63) is 17.0 Å². The summed E-state index contributed by atoms with van der Waals surface area (Å²) >= 11 is 5.64. The van der Waals surface area contributed by atoms with Crippen LogP contribution in [0.4, 0.5) is 14.6 Å². The molecule has 0 aromatic carbocycles. The Hall–Kier alpha value is -1.01. The van der Waals surface area contributed by atoms with Crippen molar-refractivity contribution in [3.8, 4) is 0 Å². The summed E-state index contributed by atoms with van der Waals surface area (Å²) in [7, 11) is 3.22. The lowest BCUT2D eigenvalue weighted by Crippen LogP contribution is -2.19. The number of aliphatic hydroxyl groups is 1. The van der Waals surface area contributed by atoms with Crippen LogP contribution < -0.4 is 4.90 Å². The molecule has 0 bridgehead atoms. The molecule has 1 atom stereocenters. The highest BCUT2D eigenvalue weighted by atomic mass is 35.5. The normalized spacial score (nSPS) is 13.0. The Morgan fingerprint density at radius 2 is 2.00 bits per heavy atom. The van der Waals surface area contributed by atoms with Gasteiger partial charge in [-0.2, -0.15) is 0 Å². The average Bonchev–Trinajstić information content (AvgIpc) is 2.16. The van der Waals surface area contributed by atoms with Gasteiger partial charge in [0.2, 0.25) is 0 Å². The first kappa shape index (κ1) is 12.1. The molecule has 0 fully saturated rings. The van der Waals surface area contributed by atoms with E-state index >= 15 is 0 Å². The lowest BCUT2D eigenvalue weighted by atomic mass is 10.2. The molecule has 1 aromatic heterocycles. The van der Waals surface area contributed by atoms with Gasteiger partial charge in [0.15, 0.2) is 0 Å². The van der Waals surface area contributed by atoms with Crippen molar-refractivity contribution >= 4 is 17.4 Å². The van der Waals surface area contributed by atoms with Crippen molar-refractivity contribution in [2.75, 3.05) is 19.0 Å². The summed E-state index contributed by atoms with van der Waals surface area (Å²) in [4.78, 5) is 8.82. The maximum Gasteiger partial charge on any atom is 0.268 e. The molecule has 1 aromatic rings. The van der Waals surface area contributed by atoms with Crippen LogP contribution in [-0.4, -0.2) is 35.6 Å². The van der Waals surface area contributed by atoms with Crippen molar-refractivity contribution < 1.29 is 13.9 Å². The molecule has 0 saturated heterocycles. The monoisotopic (exact) mass is 237 g/mol. The highest BCUT2D eigenvalue weighted by molar-refractivity contribution is 6.30. The van der Waals surface area contributed by atoms with Crippen molar-refractivity contribution in [3.63, 3.8) is 0 Å². The van der Waals surface area contributed by atoms with Gasteiger partial charge in [-0.15, -0.1) is 0 Å². The fraction of sp³-hybridized carbons (Fsp3) is 0.500. The first-order chi connectivity index (χ1) is 6.95. The van der Waals surface area contributed by atoms with E-state index in [9.17, 15) is 13.9 Å². The molecule has 0 amide bonds. The lowest BCUT2D eigenvalue weighted by Gasteiger charge is -2.19. The van der Waals surface area contributed by atoms with E-state index in [0.29, 0.717) is 0 Å². The topological polar surface area (TPSA) is 49.2 Å². The summed E-state index contributed by atoms with van der Waals surface area (Å²) in [6, 6.07) is 0. The number of aromatic nitrogens is 2. The third-order valence-electron chi connectivity index (χ3n) is 1.77. The number of halogens is 3. The minimum atomic E-state index is -2.92. The zero-order valence-electron chi connectivity index (χ0n) is 8.15. The first-order valence-electron chi connectivity index (χ1n) is 4.09. The Bertz CT molecular complexity index is 349. The Kier molecular flexibility index (Phi) is 3.76. The van der Waals surface area contributed by atoms with Gasteiger partial charge in [0.1, 0.15) is 23.4 Å². The fourth-order valence-electron chi connectivity index (χ4n) is 1.10. The van der Waals surface area contributed by atoms with Crippen LogP contribution in [0.15, 0.2) is 6.33 Å². The van der Waals surface area contributed by atoms with Gasteiger partial charge in [-0.3, -0.25) is 0 Å². The maximum atomic E-state index is 12.4. The third kappa shape index (κ3) is 2.51. The van der Waals surface area contributed by atoms with Crippen molar-refractivity contribution in [2.24, 2.45) is 0 Å². The zero-order valence-corrected chi connectivity index (χ0v) is 8.91. The standard InChI is InChI=1S/C8H10ClF2N3O/c1-14(2)8-4(5(15)7(10)11)6(9)12-3-13-8/h3,5,7,15H,1-2H3. The zero-order chi connectivity index (χ0) is 11.6. The van der Waals surface area contributed by atoms with Crippen molar-refractivity contribution in [2.45, 2.75) is 12.5 Å². The Balaban J connectivity index is 3.24. The second kappa shape index (κ2) is 4.67. The molecule has 15 heavy (non-hydrogen) atoms. The first-order valence-corrected chi connectivity index (χ1v) is 4.47. The highest BCUT2D eigenvalue weighted by Crippen LogP contribution is 2.31. The van der Waals surface area contributed by atoms with E-state index in [-0.39, 0.29) is 16.5 Å². The van der Waals surface area contributed by atoms with E-state index in [1.54, 1.807) is 14.1 Å². The van der Waals surface area contributed by atoms with E-state index in [2.05, 4.69) is 9.97 Å². The number of alkyl halides is 2. The Labute approximate surface area is 90.5 Å². The number of rotatable bonds is 3. The summed E-state index contributed by atoms with van der Waals surface area (Å²) in [5.41, 5.74) is -0.154. The van der Waals surface area contributed by atoms with Crippen molar-refractivity contribution in [1.29, 1.82) is 0 Å². The predicted molar refractivity (Wildman–Crippen MR) is 52.3 cm³/mol. The van der Waals surface area contributed by atoms with Gasteiger partial charge in [0.25, 0.3) is 6.43 Å². The summed E-state index contributed by atoms with van der Waals surface area (Å²) in [6.45, 7) is 0. The second-order valence-corrected chi connectivity index (χ2v) is 3.43. The quantitative estimate of drug-likeness (QED) is 0.810. The van der Waals surface area contributed by atoms with Gasteiger partial charge in [-0.05, 0) is 0 Å². The van der Waals surface area contributed by atoms with Crippen LogP contribution in [0.5, 0.6) is 0 Å². The number of nitrogens with zero attached hydrogens (tertiary/aromatic N) is 3.